The number of hydrogen-bond donors (Lipinski definition) is 2. The Balaban J connectivity index is 2.20. The van der Waals surface area contributed by atoms with E-state index in [-0.39, 0.29) is 22.6 Å². The van der Waals surface area contributed by atoms with Crippen molar-refractivity contribution in [2.45, 2.75) is 31.2 Å². The first kappa shape index (κ1) is 22.6. The van der Waals surface area contributed by atoms with Crippen LogP contribution in [-0.2, 0) is 14.8 Å². The van der Waals surface area contributed by atoms with Gasteiger partial charge in [0.15, 0.2) is 0 Å². The van der Waals surface area contributed by atoms with Crippen LogP contribution in [0, 0.1) is 5.92 Å². The Labute approximate surface area is 173 Å². The predicted molar refractivity (Wildman–Crippen MR) is 115 cm³/mol. The van der Waals surface area contributed by atoms with E-state index in [1.54, 1.807) is 18.2 Å². The van der Waals surface area contributed by atoms with E-state index in [9.17, 15) is 13.2 Å². The van der Waals surface area contributed by atoms with E-state index in [0.29, 0.717) is 11.5 Å². The second-order valence-corrected chi connectivity index (χ2v) is 8.91. The van der Waals surface area contributed by atoms with E-state index in [4.69, 9.17) is 4.74 Å². The van der Waals surface area contributed by atoms with E-state index in [2.05, 4.69) is 23.9 Å². The lowest BCUT2D eigenvalue weighted by Crippen LogP contribution is -2.27. The molecule has 0 aromatic heterocycles. The summed E-state index contributed by atoms with van der Waals surface area (Å²) in [5, 5.41) is 3.03. The summed E-state index contributed by atoms with van der Waals surface area (Å²) in [5.41, 5.74) is 1.63. The fourth-order valence-corrected chi connectivity index (χ4v) is 3.87. The number of sulfonamides is 1. The number of nitrogens with one attached hydrogen (secondary N) is 2. The molecular weight excluding hydrogens is 388 g/mol. The van der Waals surface area contributed by atoms with Crippen LogP contribution in [0.2, 0.25) is 0 Å². The van der Waals surface area contributed by atoms with Gasteiger partial charge in [-0.2, -0.15) is 0 Å². The quantitative estimate of drug-likeness (QED) is 0.613. The van der Waals surface area contributed by atoms with Crippen molar-refractivity contribution in [3.8, 4) is 5.75 Å². The maximum Gasteiger partial charge on any atom is 0.244 e. The number of carbonyl (C=O) groups is 1. The molecule has 0 spiro atoms. The predicted octanol–water partition coefficient (Wildman–Crippen LogP) is 3.52. The SMILES string of the molecule is CNS(=O)(=O)c1cc(/C=C/C(=O)NC(CC(C)C)c2ccccc2)ccc1OC. The average molecular weight is 417 g/mol. The number of benzene rings is 2. The first-order chi connectivity index (χ1) is 13.8. The van der Waals surface area contributed by atoms with Crippen molar-refractivity contribution in [3.63, 3.8) is 0 Å². The lowest BCUT2D eigenvalue weighted by atomic mass is 9.97. The topological polar surface area (TPSA) is 84.5 Å². The van der Waals surface area contributed by atoms with Crippen molar-refractivity contribution >= 4 is 22.0 Å². The molecule has 2 aromatic rings. The van der Waals surface area contributed by atoms with Crippen LogP contribution in [-0.4, -0.2) is 28.5 Å². The third kappa shape index (κ3) is 6.44. The zero-order valence-corrected chi connectivity index (χ0v) is 18.0. The Morgan fingerprint density at radius 2 is 1.83 bits per heavy atom. The third-order valence-corrected chi connectivity index (χ3v) is 5.83. The van der Waals surface area contributed by atoms with Crippen molar-refractivity contribution in [3.05, 3.63) is 65.7 Å². The van der Waals surface area contributed by atoms with Gasteiger partial charge in [0.2, 0.25) is 15.9 Å². The minimum Gasteiger partial charge on any atom is -0.495 e. The van der Waals surface area contributed by atoms with Gasteiger partial charge in [0.25, 0.3) is 0 Å². The summed E-state index contributed by atoms with van der Waals surface area (Å²) in [6.45, 7) is 4.22. The fourth-order valence-electron chi connectivity index (χ4n) is 2.94. The molecule has 0 aliphatic carbocycles. The highest BCUT2D eigenvalue weighted by Gasteiger charge is 2.18. The van der Waals surface area contributed by atoms with E-state index < -0.39 is 10.0 Å². The fraction of sp³-hybridized carbons (Fsp3) is 0.318. The molecule has 6 nitrogen and oxygen atoms in total. The van der Waals surface area contributed by atoms with Gasteiger partial charge in [-0.05, 0) is 48.7 Å². The van der Waals surface area contributed by atoms with Crippen LogP contribution in [0.1, 0.15) is 37.4 Å². The van der Waals surface area contributed by atoms with Gasteiger partial charge in [-0.15, -0.1) is 0 Å². The third-order valence-electron chi connectivity index (χ3n) is 4.40. The zero-order chi connectivity index (χ0) is 21.4. The van der Waals surface area contributed by atoms with Gasteiger partial charge in [-0.1, -0.05) is 50.2 Å². The molecule has 7 heteroatoms. The lowest BCUT2D eigenvalue weighted by Gasteiger charge is -2.20. The van der Waals surface area contributed by atoms with Gasteiger partial charge in [0.1, 0.15) is 10.6 Å². The standard InChI is InChI=1S/C22H28N2O4S/c1-16(2)14-19(18-8-6-5-7-9-18)24-22(25)13-11-17-10-12-20(28-4)21(15-17)29(26,27)23-3/h5-13,15-16,19,23H,14H2,1-4H3,(H,24,25)/b13-11+. The molecule has 0 radical (unpaired) electrons. The molecule has 2 N–H and O–H groups in total. The minimum atomic E-state index is -3.68. The highest BCUT2D eigenvalue weighted by atomic mass is 32.2. The summed E-state index contributed by atoms with van der Waals surface area (Å²) in [6.07, 6.45) is 3.81. The second-order valence-electron chi connectivity index (χ2n) is 7.05. The Morgan fingerprint density at radius 3 is 2.41 bits per heavy atom. The zero-order valence-electron chi connectivity index (χ0n) is 17.2. The number of ether oxygens (including phenoxy) is 1. The number of rotatable bonds is 9. The smallest absolute Gasteiger partial charge is 0.244 e. The summed E-state index contributed by atoms with van der Waals surface area (Å²) in [7, 11) is -0.935. The Bertz CT molecular complexity index is 954. The summed E-state index contributed by atoms with van der Waals surface area (Å²) in [6, 6.07) is 14.5. The summed E-state index contributed by atoms with van der Waals surface area (Å²) < 4.78 is 31.8. The molecule has 0 heterocycles. The maximum absolute atomic E-state index is 12.5. The van der Waals surface area contributed by atoms with E-state index in [1.807, 2.05) is 30.3 Å². The van der Waals surface area contributed by atoms with Crippen molar-refractivity contribution in [2.24, 2.45) is 5.92 Å². The van der Waals surface area contributed by atoms with Gasteiger partial charge in [0, 0.05) is 6.08 Å². The van der Waals surface area contributed by atoms with Gasteiger partial charge in [-0.3, -0.25) is 4.79 Å². The van der Waals surface area contributed by atoms with Crippen LogP contribution in [0.4, 0.5) is 0 Å². The minimum absolute atomic E-state index is 0.0204. The molecule has 0 aliphatic heterocycles. The van der Waals surface area contributed by atoms with E-state index in [1.165, 1.54) is 26.3 Å². The van der Waals surface area contributed by atoms with Gasteiger partial charge in [-0.25, -0.2) is 13.1 Å². The molecule has 2 rings (SSSR count). The molecule has 0 saturated heterocycles. The molecule has 2 aromatic carbocycles. The molecule has 0 aliphatic rings. The Kier molecular flexibility index (Phi) is 7.99. The largest absolute Gasteiger partial charge is 0.495 e. The van der Waals surface area contributed by atoms with Gasteiger partial charge >= 0.3 is 0 Å². The summed E-state index contributed by atoms with van der Waals surface area (Å²) in [4.78, 5) is 12.5. The van der Waals surface area contributed by atoms with Crippen LogP contribution in [0.25, 0.3) is 6.08 Å². The summed E-state index contributed by atoms with van der Waals surface area (Å²) in [5.74, 6) is 0.413. The average Bonchev–Trinajstić information content (AvgIpc) is 2.72. The van der Waals surface area contributed by atoms with Crippen molar-refractivity contribution in [2.75, 3.05) is 14.2 Å². The Hall–Kier alpha value is -2.64. The van der Waals surface area contributed by atoms with Crippen molar-refractivity contribution in [1.82, 2.24) is 10.0 Å². The number of carbonyl (C=O) groups excluding carboxylic acids is 1. The highest BCUT2D eigenvalue weighted by molar-refractivity contribution is 7.89. The monoisotopic (exact) mass is 416 g/mol. The number of methoxy groups -OCH3 is 1. The summed E-state index contributed by atoms with van der Waals surface area (Å²) >= 11 is 0. The van der Waals surface area contributed by atoms with Gasteiger partial charge in [0.05, 0.1) is 13.2 Å². The second kappa shape index (κ2) is 10.2. The molecule has 1 unspecified atom stereocenters. The maximum atomic E-state index is 12.5. The van der Waals surface area contributed by atoms with Crippen molar-refractivity contribution in [1.29, 1.82) is 0 Å². The van der Waals surface area contributed by atoms with E-state index >= 15 is 0 Å². The molecular formula is C22H28N2O4S. The van der Waals surface area contributed by atoms with Crippen LogP contribution >= 0.6 is 0 Å². The van der Waals surface area contributed by atoms with Gasteiger partial charge < -0.3 is 10.1 Å². The molecule has 0 saturated carbocycles. The Morgan fingerprint density at radius 1 is 1.14 bits per heavy atom. The molecule has 0 bridgehead atoms. The van der Waals surface area contributed by atoms with Crippen LogP contribution in [0.5, 0.6) is 5.75 Å². The first-order valence-electron chi connectivity index (χ1n) is 9.42. The highest BCUT2D eigenvalue weighted by Crippen LogP contribution is 2.25. The van der Waals surface area contributed by atoms with Crippen LogP contribution in [0.3, 0.4) is 0 Å². The normalized spacial score (nSPS) is 12.9. The number of hydrogen-bond acceptors (Lipinski definition) is 4. The first-order valence-corrected chi connectivity index (χ1v) is 10.9. The molecule has 1 amide bonds. The van der Waals surface area contributed by atoms with E-state index in [0.717, 1.165) is 12.0 Å². The molecule has 0 fully saturated rings. The molecule has 156 valence electrons. The van der Waals surface area contributed by atoms with Crippen molar-refractivity contribution < 1.29 is 17.9 Å². The van der Waals surface area contributed by atoms with Crippen LogP contribution in [0.15, 0.2) is 59.5 Å². The van der Waals surface area contributed by atoms with Crippen LogP contribution < -0.4 is 14.8 Å². The molecule has 29 heavy (non-hydrogen) atoms. The number of amides is 1. The molecule has 1 atom stereocenters. The lowest BCUT2D eigenvalue weighted by molar-refractivity contribution is -0.117.